The van der Waals surface area contributed by atoms with Gasteiger partial charge in [-0.3, -0.25) is 4.79 Å². The summed E-state index contributed by atoms with van der Waals surface area (Å²) in [6.07, 6.45) is 2.86. The average molecular weight is 366 g/mol. The van der Waals surface area contributed by atoms with E-state index in [1.165, 1.54) is 5.56 Å². The van der Waals surface area contributed by atoms with Gasteiger partial charge in [-0.05, 0) is 41.8 Å². The quantitative estimate of drug-likeness (QED) is 0.644. The molecular weight excluding hydrogens is 346 g/mol. The predicted octanol–water partition coefficient (Wildman–Crippen LogP) is 4.57. The van der Waals surface area contributed by atoms with Crippen molar-refractivity contribution in [3.05, 3.63) is 89.1 Å². The molecule has 0 fully saturated rings. The molecule has 3 rings (SSSR count). The van der Waals surface area contributed by atoms with Crippen LogP contribution in [0, 0.1) is 0 Å². The van der Waals surface area contributed by atoms with Gasteiger partial charge in [-0.15, -0.1) is 0 Å². The maximum Gasteiger partial charge on any atom is 0.228 e. The predicted molar refractivity (Wildman–Crippen MR) is 107 cm³/mol. The van der Waals surface area contributed by atoms with Gasteiger partial charge in [0.2, 0.25) is 5.91 Å². The topological polar surface area (TPSA) is 54.0 Å². The molecule has 0 atom stereocenters. The lowest BCUT2D eigenvalue weighted by atomic mass is 10.1. The van der Waals surface area contributed by atoms with Gasteiger partial charge >= 0.3 is 0 Å². The third-order valence-corrected chi connectivity index (χ3v) is 4.10. The fourth-order valence-corrected chi connectivity index (χ4v) is 2.80. The number of hydrogen-bond acceptors (Lipinski definition) is 3. The van der Waals surface area contributed by atoms with Gasteiger partial charge in [-0.2, -0.15) is 0 Å². The van der Waals surface area contributed by atoms with Gasteiger partial charge in [0.25, 0.3) is 0 Å². The van der Waals surface area contributed by atoms with Gasteiger partial charge in [0.1, 0.15) is 5.82 Å². The summed E-state index contributed by atoms with van der Waals surface area (Å²) in [6.45, 7) is 0.757. The zero-order valence-corrected chi connectivity index (χ0v) is 15.0. The highest BCUT2D eigenvalue weighted by Gasteiger charge is 2.04. The molecule has 0 aliphatic rings. The van der Waals surface area contributed by atoms with Crippen molar-refractivity contribution in [3.63, 3.8) is 0 Å². The monoisotopic (exact) mass is 365 g/mol. The lowest BCUT2D eigenvalue weighted by molar-refractivity contribution is -0.115. The van der Waals surface area contributed by atoms with E-state index in [9.17, 15) is 4.79 Å². The Morgan fingerprint density at radius 1 is 0.962 bits per heavy atom. The van der Waals surface area contributed by atoms with Gasteiger partial charge in [0.15, 0.2) is 0 Å². The van der Waals surface area contributed by atoms with Crippen LogP contribution in [-0.2, 0) is 17.6 Å². The average Bonchev–Trinajstić information content (AvgIpc) is 2.64. The molecule has 5 heteroatoms. The molecular formula is C21H20ClN3O. The molecule has 1 amide bonds. The van der Waals surface area contributed by atoms with Crippen molar-refractivity contribution in [2.45, 2.75) is 12.8 Å². The minimum atomic E-state index is -0.0559. The number of benzene rings is 2. The van der Waals surface area contributed by atoms with E-state index in [1.807, 2.05) is 66.7 Å². The number of nitrogens with one attached hydrogen (secondary N) is 2. The lowest BCUT2D eigenvalue weighted by Gasteiger charge is -2.08. The van der Waals surface area contributed by atoms with Crippen LogP contribution in [0.25, 0.3) is 0 Å². The molecule has 0 saturated carbocycles. The Balaban J connectivity index is 1.46. The van der Waals surface area contributed by atoms with Crippen molar-refractivity contribution in [1.29, 1.82) is 0 Å². The summed E-state index contributed by atoms with van der Waals surface area (Å²) in [5.41, 5.74) is 2.85. The number of rotatable bonds is 7. The van der Waals surface area contributed by atoms with Crippen LogP contribution in [0.3, 0.4) is 0 Å². The summed E-state index contributed by atoms with van der Waals surface area (Å²) in [5, 5.41) is 6.87. The minimum Gasteiger partial charge on any atom is -0.370 e. The SMILES string of the molecule is O=C(Cc1ccccc1)Nc1ccc(NCCc2cccc(Cl)c2)nc1. The first kappa shape index (κ1) is 18.0. The smallest absolute Gasteiger partial charge is 0.228 e. The first-order chi connectivity index (χ1) is 12.7. The van der Waals surface area contributed by atoms with Gasteiger partial charge in [0, 0.05) is 11.6 Å². The number of aromatic nitrogens is 1. The number of pyridine rings is 1. The molecule has 2 N–H and O–H groups in total. The van der Waals surface area contributed by atoms with Crippen molar-refractivity contribution in [2.24, 2.45) is 0 Å². The van der Waals surface area contributed by atoms with Gasteiger partial charge in [-0.1, -0.05) is 54.1 Å². The summed E-state index contributed by atoms with van der Waals surface area (Å²) in [4.78, 5) is 16.4. The molecule has 2 aromatic carbocycles. The second kappa shape index (κ2) is 9.02. The van der Waals surface area contributed by atoms with E-state index >= 15 is 0 Å². The van der Waals surface area contributed by atoms with Crippen LogP contribution in [0.1, 0.15) is 11.1 Å². The van der Waals surface area contributed by atoms with E-state index in [0.29, 0.717) is 12.1 Å². The van der Waals surface area contributed by atoms with Gasteiger partial charge in [-0.25, -0.2) is 4.98 Å². The van der Waals surface area contributed by atoms with E-state index in [1.54, 1.807) is 6.20 Å². The molecule has 3 aromatic rings. The minimum absolute atomic E-state index is 0.0559. The first-order valence-electron chi connectivity index (χ1n) is 8.47. The van der Waals surface area contributed by atoms with E-state index in [4.69, 9.17) is 11.6 Å². The Hall–Kier alpha value is -2.85. The second-order valence-corrected chi connectivity index (χ2v) is 6.39. The van der Waals surface area contributed by atoms with Crippen molar-refractivity contribution < 1.29 is 4.79 Å². The fraction of sp³-hybridized carbons (Fsp3) is 0.143. The summed E-state index contributed by atoms with van der Waals surface area (Å²) in [5.74, 6) is 0.716. The molecule has 1 aromatic heterocycles. The third-order valence-electron chi connectivity index (χ3n) is 3.86. The van der Waals surface area contributed by atoms with Crippen LogP contribution in [-0.4, -0.2) is 17.4 Å². The molecule has 0 unspecified atom stereocenters. The number of nitrogens with zero attached hydrogens (tertiary/aromatic N) is 1. The highest BCUT2D eigenvalue weighted by Crippen LogP contribution is 2.13. The second-order valence-electron chi connectivity index (χ2n) is 5.95. The molecule has 0 radical (unpaired) electrons. The highest BCUT2D eigenvalue weighted by molar-refractivity contribution is 6.30. The van der Waals surface area contributed by atoms with Crippen LogP contribution < -0.4 is 10.6 Å². The van der Waals surface area contributed by atoms with Crippen molar-refractivity contribution in [1.82, 2.24) is 4.98 Å². The van der Waals surface area contributed by atoms with Crippen LogP contribution >= 0.6 is 11.6 Å². The maximum atomic E-state index is 12.1. The maximum absolute atomic E-state index is 12.1. The number of carbonyl (C=O) groups excluding carboxylic acids is 1. The number of hydrogen-bond donors (Lipinski definition) is 2. The van der Waals surface area contributed by atoms with Crippen molar-refractivity contribution >= 4 is 29.0 Å². The summed E-state index contributed by atoms with van der Waals surface area (Å²) in [6, 6.07) is 21.2. The zero-order valence-electron chi connectivity index (χ0n) is 14.3. The number of anilines is 2. The molecule has 0 saturated heterocycles. The van der Waals surface area contributed by atoms with Gasteiger partial charge < -0.3 is 10.6 Å². The van der Waals surface area contributed by atoms with E-state index in [-0.39, 0.29) is 5.91 Å². The van der Waals surface area contributed by atoms with Gasteiger partial charge in [0.05, 0.1) is 18.3 Å². The van der Waals surface area contributed by atoms with Crippen LogP contribution in [0.15, 0.2) is 72.9 Å². The van der Waals surface area contributed by atoms with Crippen molar-refractivity contribution in [2.75, 3.05) is 17.2 Å². The zero-order chi connectivity index (χ0) is 18.2. The van der Waals surface area contributed by atoms with Crippen LogP contribution in [0.4, 0.5) is 11.5 Å². The molecule has 0 spiro atoms. The van der Waals surface area contributed by atoms with Crippen molar-refractivity contribution in [3.8, 4) is 0 Å². The molecule has 26 heavy (non-hydrogen) atoms. The Kier molecular flexibility index (Phi) is 6.23. The summed E-state index contributed by atoms with van der Waals surface area (Å²) >= 11 is 5.98. The van der Waals surface area contributed by atoms with E-state index in [2.05, 4.69) is 15.6 Å². The fourth-order valence-electron chi connectivity index (χ4n) is 2.59. The normalized spacial score (nSPS) is 10.3. The molecule has 0 aliphatic carbocycles. The number of halogens is 1. The molecule has 4 nitrogen and oxygen atoms in total. The number of amides is 1. The number of carbonyl (C=O) groups is 1. The van der Waals surface area contributed by atoms with Crippen LogP contribution in [0.5, 0.6) is 0 Å². The Morgan fingerprint density at radius 3 is 2.50 bits per heavy atom. The Morgan fingerprint density at radius 2 is 1.77 bits per heavy atom. The highest BCUT2D eigenvalue weighted by atomic mass is 35.5. The lowest BCUT2D eigenvalue weighted by Crippen LogP contribution is -2.14. The third kappa shape index (κ3) is 5.60. The molecule has 0 aliphatic heterocycles. The largest absolute Gasteiger partial charge is 0.370 e. The Labute approximate surface area is 158 Å². The van der Waals surface area contributed by atoms with Crippen LogP contribution in [0.2, 0.25) is 5.02 Å². The van der Waals surface area contributed by atoms with E-state index < -0.39 is 0 Å². The van der Waals surface area contributed by atoms with E-state index in [0.717, 1.165) is 29.4 Å². The standard InChI is InChI=1S/C21H20ClN3O/c22-18-8-4-7-17(13-18)11-12-23-20-10-9-19(15-24-20)25-21(26)14-16-5-2-1-3-6-16/h1-10,13,15H,11-12,14H2,(H,23,24)(H,25,26). The molecule has 1 heterocycles. The molecule has 132 valence electrons. The first-order valence-corrected chi connectivity index (χ1v) is 8.85. The summed E-state index contributed by atoms with van der Waals surface area (Å²) in [7, 11) is 0. The summed E-state index contributed by atoms with van der Waals surface area (Å²) < 4.78 is 0. The Bertz CT molecular complexity index is 851. The molecule has 0 bridgehead atoms.